The molecule has 3 aromatic rings. The van der Waals surface area contributed by atoms with Gasteiger partial charge in [-0.1, -0.05) is 43.3 Å². The Balaban J connectivity index is 1.88. The zero-order valence-electron chi connectivity index (χ0n) is 18.3. The molecule has 7 heteroatoms. The standard InChI is InChI=1S/C25H27FN2O3S/c1-4-18-8-10-19(11-9-18)24(21-6-5-7-22(26)16-21)27-25(29)20-12-14-23(15-13-20)32(30,31)28-17(2)3/h5-17,24,28H,4H2,1-3H3,(H,27,29). The van der Waals surface area contributed by atoms with E-state index in [0.717, 1.165) is 17.5 Å². The molecule has 0 aliphatic heterocycles. The van der Waals surface area contributed by atoms with E-state index in [0.29, 0.717) is 11.1 Å². The molecule has 0 spiro atoms. The molecule has 0 saturated heterocycles. The molecule has 1 unspecified atom stereocenters. The van der Waals surface area contributed by atoms with E-state index >= 15 is 0 Å². The fraction of sp³-hybridized carbons (Fsp3) is 0.240. The topological polar surface area (TPSA) is 75.3 Å². The van der Waals surface area contributed by atoms with E-state index in [1.165, 1.54) is 36.4 Å². The van der Waals surface area contributed by atoms with Crippen LogP contribution in [0.4, 0.5) is 4.39 Å². The van der Waals surface area contributed by atoms with E-state index < -0.39 is 16.1 Å². The van der Waals surface area contributed by atoms with Crippen LogP contribution in [0.2, 0.25) is 0 Å². The Morgan fingerprint density at radius 2 is 1.59 bits per heavy atom. The number of carbonyl (C=O) groups excluding carboxylic acids is 1. The van der Waals surface area contributed by atoms with E-state index in [1.807, 2.05) is 24.3 Å². The van der Waals surface area contributed by atoms with E-state index in [4.69, 9.17) is 0 Å². The van der Waals surface area contributed by atoms with Crippen molar-refractivity contribution in [1.82, 2.24) is 10.0 Å². The minimum Gasteiger partial charge on any atom is -0.341 e. The van der Waals surface area contributed by atoms with Crippen LogP contribution in [0, 0.1) is 5.82 Å². The van der Waals surface area contributed by atoms with Crippen LogP contribution in [0.1, 0.15) is 53.9 Å². The third-order valence-electron chi connectivity index (χ3n) is 5.00. The fourth-order valence-electron chi connectivity index (χ4n) is 3.37. The molecule has 2 N–H and O–H groups in total. The normalized spacial score (nSPS) is 12.5. The molecular formula is C25H27FN2O3S. The monoisotopic (exact) mass is 454 g/mol. The molecule has 0 fully saturated rings. The molecule has 5 nitrogen and oxygen atoms in total. The van der Waals surface area contributed by atoms with Crippen molar-refractivity contribution in [3.8, 4) is 0 Å². The number of aryl methyl sites for hydroxylation is 1. The molecule has 0 bridgehead atoms. The largest absolute Gasteiger partial charge is 0.341 e. The Morgan fingerprint density at radius 3 is 2.16 bits per heavy atom. The second-order valence-corrected chi connectivity index (χ2v) is 9.57. The van der Waals surface area contributed by atoms with Crippen molar-refractivity contribution in [3.63, 3.8) is 0 Å². The van der Waals surface area contributed by atoms with Gasteiger partial charge in [0, 0.05) is 11.6 Å². The highest BCUT2D eigenvalue weighted by molar-refractivity contribution is 7.89. The van der Waals surface area contributed by atoms with Gasteiger partial charge in [0.05, 0.1) is 10.9 Å². The van der Waals surface area contributed by atoms with Gasteiger partial charge in [-0.3, -0.25) is 4.79 Å². The number of halogens is 1. The number of sulfonamides is 1. The Labute approximate surface area is 188 Å². The van der Waals surface area contributed by atoms with Crippen molar-refractivity contribution in [1.29, 1.82) is 0 Å². The number of benzene rings is 3. The van der Waals surface area contributed by atoms with Crippen molar-refractivity contribution < 1.29 is 17.6 Å². The molecule has 1 amide bonds. The number of nitrogens with one attached hydrogen (secondary N) is 2. The third kappa shape index (κ3) is 5.81. The van der Waals surface area contributed by atoms with Crippen molar-refractivity contribution in [2.75, 3.05) is 0 Å². The molecule has 0 saturated carbocycles. The van der Waals surface area contributed by atoms with Gasteiger partial charge in [-0.05, 0) is 73.4 Å². The lowest BCUT2D eigenvalue weighted by Crippen LogP contribution is -2.31. The zero-order chi connectivity index (χ0) is 23.3. The summed E-state index contributed by atoms with van der Waals surface area (Å²) in [5.74, 6) is -0.779. The molecule has 3 aromatic carbocycles. The van der Waals surface area contributed by atoms with E-state index in [2.05, 4.69) is 17.0 Å². The van der Waals surface area contributed by atoms with Gasteiger partial charge in [0.2, 0.25) is 10.0 Å². The van der Waals surface area contributed by atoms with Gasteiger partial charge < -0.3 is 5.32 Å². The number of amides is 1. The molecule has 0 aliphatic rings. The minimum absolute atomic E-state index is 0.0829. The average Bonchev–Trinajstić information content (AvgIpc) is 2.76. The first-order valence-corrected chi connectivity index (χ1v) is 12.0. The summed E-state index contributed by atoms with van der Waals surface area (Å²) in [6, 6.07) is 18.8. The maximum absolute atomic E-state index is 13.9. The summed E-state index contributed by atoms with van der Waals surface area (Å²) in [5.41, 5.74) is 2.90. The van der Waals surface area contributed by atoms with Crippen LogP contribution in [-0.4, -0.2) is 20.4 Å². The quantitative estimate of drug-likeness (QED) is 0.523. The Bertz CT molecular complexity index is 1170. The van der Waals surface area contributed by atoms with Crippen LogP contribution in [-0.2, 0) is 16.4 Å². The lowest BCUT2D eigenvalue weighted by molar-refractivity contribution is 0.0942. The van der Waals surface area contributed by atoms with Crippen LogP contribution in [0.5, 0.6) is 0 Å². The molecule has 0 aromatic heterocycles. The summed E-state index contributed by atoms with van der Waals surface area (Å²) in [7, 11) is -3.65. The van der Waals surface area contributed by atoms with Crippen LogP contribution in [0.3, 0.4) is 0 Å². The highest BCUT2D eigenvalue weighted by Gasteiger charge is 2.20. The Morgan fingerprint density at radius 1 is 0.938 bits per heavy atom. The summed E-state index contributed by atoms with van der Waals surface area (Å²) in [5, 5.41) is 2.95. The number of rotatable bonds is 8. The maximum Gasteiger partial charge on any atom is 0.252 e. The lowest BCUT2D eigenvalue weighted by Gasteiger charge is -2.20. The number of carbonyl (C=O) groups is 1. The summed E-state index contributed by atoms with van der Waals surface area (Å²) >= 11 is 0. The maximum atomic E-state index is 13.9. The zero-order valence-corrected chi connectivity index (χ0v) is 19.1. The predicted octanol–water partition coefficient (Wildman–Crippen LogP) is 4.59. The first kappa shape index (κ1) is 23.6. The molecule has 0 radical (unpaired) electrons. The van der Waals surface area contributed by atoms with E-state index in [-0.39, 0.29) is 22.7 Å². The lowest BCUT2D eigenvalue weighted by atomic mass is 9.96. The molecule has 3 rings (SSSR count). The first-order valence-electron chi connectivity index (χ1n) is 10.5. The summed E-state index contributed by atoms with van der Waals surface area (Å²) < 4.78 is 41.0. The third-order valence-corrected chi connectivity index (χ3v) is 6.67. The van der Waals surface area contributed by atoms with Gasteiger partial charge in [-0.2, -0.15) is 0 Å². The number of hydrogen-bond donors (Lipinski definition) is 2. The highest BCUT2D eigenvalue weighted by atomic mass is 32.2. The predicted molar refractivity (Wildman–Crippen MR) is 123 cm³/mol. The van der Waals surface area contributed by atoms with Gasteiger partial charge in [-0.25, -0.2) is 17.5 Å². The smallest absolute Gasteiger partial charge is 0.252 e. The SMILES string of the molecule is CCc1ccc(C(NC(=O)c2ccc(S(=O)(=O)NC(C)C)cc2)c2cccc(F)c2)cc1. The Hall–Kier alpha value is -3.03. The van der Waals surface area contributed by atoms with Crippen molar-refractivity contribution in [2.45, 2.75) is 44.2 Å². The van der Waals surface area contributed by atoms with Crippen LogP contribution in [0.25, 0.3) is 0 Å². The molecule has 32 heavy (non-hydrogen) atoms. The van der Waals surface area contributed by atoms with E-state index in [1.54, 1.807) is 26.0 Å². The van der Waals surface area contributed by atoms with Gasteiger partial charge in [0.1, 0.15) is 5.82 Å². The van der Waals surface area contributed by atoms with Crippen molar-refractivity contribution >= 4 is 15.9 Å². The van der Waals surface area contributed by atoms with E-state index in [9.17, 15) is 17.6 Å². The van der Waals surface area contributed by atoms with Gasteiger partial charge in [-0.15, -0.1) is 0 Å². The van der Waals surface area contributed by atoms with Crippen LogP contribution in [0.15, 0.2) is 77.7 Å². The molecule has 0 aliphatic carbocycles. The van der Waals surface area contributed by atoms with Gasteiger partial charge >= 0.3 is 0 Å². The Kier molecular flexibility index (Phi) is 7.43. The second kappa shape index (κ2) is 10.1. The van der Waals surface area contributed by atoms with Gasteiger partial charge in [0.15, 0.2) is 0 Å². The van der Waals surface area contributed by atoms with Gasteiger partial charge in [0.25, 0.3) is 5.91 Å². The molecule has 0 heterocycles. The van der Waals surface area contributed by atoms with Crippen LogP contribution >= 0.6 is 0 Å². The summed E-state index contributed by atoms with van der Waals surface area (Å²) in [6.45, 7) is 5.53. The number of hydrogen-bond acceptors (Lipinski definition) is 3. The average molecular weight is 455 g/mol. The molecule has 1 atom stereocenters. The molecule has 168 valence electrons. The minimum atomic E-state index is -3.65. The summed E-state index contributed by atoms with van der Waals surface area (Å²) in [6.07, 6.45) is 0.887. The van der Waals surface area contributed by atoms with Crippen molar-refractivity contribution in [3.05, 3.63) is 101 Å². The molecular weight excluding hydrogens is 427 g/mol. The fourth-order valence-corrected chi connectivity index (χ4v) is 4.62. The van der Waals surface area contributed by atoms with Crippen molar-refractivity contribution in [2.24, 2.45) is 0 Å². The first-order chi connectivity index (χ1) is 15.2. The van der Waals surface area contributed by atoms with Crippen LogP contribution < -0.4 is 10.0 Å². The summed E-state index contributed by atoms with van der Waals surface area (Å²) in [4.78, 5) is 13.1. The highest BCUT2D eigenvalue weighted by Crippen LogP contribution is 2.24. The second-order valence-electron chi connectivity index (χ2n) is 7.86.